The third kappa shape index (κ3) is 4.83. The van der Waals surface area contributed by atoms with Crippen LogP contribution in [0.15, 0.2) is 71.3 Å². The molecule has 0 aliphatic heterocycles. The van der Waals surface area contributed by atoms with Crippen LogP contribution < -0.4 is 10.1 Å². The van der Waals surface area contributed by atoms with Gasteiger partial charge in [0.25, 0.3) is 5.91 Å². The molecule has 6 nitrogen and oxygen atoms in total. The molecule has 2 aromatic carbocycles. The lowest BCUT2D eigenvalue weighted by Crippen LogP contribution is -2.12. The number of anilines is 1. The van der Waals surface area contributed by atoms with Gasteiger partial charge in [-0.3, -0.25) is 9.48 Å². The molecular weight excluding hydrogens is 397 g/mol. The van der Waals surface area contributed by atoms with Gasteiger partial charge in [0.15, 0.2) is 11.6 Å². The van der Waals surface area contributed by atoms with Gasteiger partial charge in [-0.15, -0.1) is 0 Å². The summed E-state index contributed by atoms with van der Waals surface area (Å²) in [5, 5.41) is 6.95. The van der Waals surface area contributed by atoms with Crippen LogP contribution in [0.5, 0.6) is 5.75 Å². The number of amides is 1. The molecule has 0 fully saturated rings. The van der Waals surface area contributed by atoms with Gasteiger partial charge in [-0.05, 0) is 43.2 Å². The Morgan fingerprint density at radius 3 is 2.61 bits per heavy atom. The summed E-state index contributed by atoms with van der Waals surface area (Å²) in [4.78, 5) is 12.5. The van der Waals surface area contributed by atoms with E-state index >= 15 is 0 Å². The van der Waals surface area contributed by atoms with Gasteiger partial charge in [0.2, 0.25) is 0 Å². The summed E-state index contributed by atoms with van der Waals surface area (Å²) >= 11 is 0. The Labute approximate surface area is 179 Å². The zero-order chi connectivity index (χ0) is 21.8. The number of aromatic nitrogens is 2. The topological polar surface area (TPSA) is 69.3 Å². The Morgan fingerprint density at radius 1 is 1.06 bits per heavy atom. The summed E-state index contributed by atoms with van der Waals surface area (Å²) in [6.07, 6.45) is 1.67. The van der Waals surface area contributed by atoms with Crippen LogP contribution >= 0.6 is 0 Å². The molecule has 0 aliphatic carbocycles. The van der Waals surface area contributed by atoms with Crippen LogP contribution in [0.1, 0.15) is 33.0 Å². The zero-order valence-electron chi connectivity index (χ0n) is 17.3. The molecule has 0 saturated carbocycles. The molecule has 31 heavy (non-hydrogen) atoms. The predicted molar refractivity (Wildman–Crippen MR) is 115 cm³/mol. The smallest absolute Gasteiger partial charge is 0.292 e. The van der Waals surface area contributed by atoms with E-state index in [-0.39, 0.29) is 24.7 Å². The van der Waals surface area contributed by atoms with Gasteiger partial charge in [-0.2, -0.15) is 5.10 Å². The molecule has 0 aliphatic rings. The van der Waals surface area contributed by atoms with E-state index in [0.29, 0.717) is 17.1 Å². The number of carbonyl (C=O) groups excluding carboxylic acids is 1. The highest BCUT2D eigenvalue weighted by Gasteiger charge is 2.14. The van der Waals surface area contributed by atoms with E-state index in [1.807, 2.05) is 32.0 Å². The van der Waals surface area contributed by atoms with Crippen molar-refractivity contribution >= 4 is 11.7 Å². The van der Waals surface area contributed by atoms with Gasteiger partial charge in [-0.1, -0.05) is 36.4 Å². The molecular formula is C24H22FN3O3. The van der Waals surface area contributed by atoms with E-state index in [2.05, 4.69) is 10.4 Å². The van der Waals surface area contributed by atoms with Crippen LogP contribution in [0.2, 0.25) is 0 Å². The van der Waals surface area contributed by atoms with Crippen molar-refractivity contribution in [1.82, 2.24) is 9.78 Å². The fraction of sp³-hybridized carbons (Fsp3) is 0.167. The third-order valence-corrected chi connectivity index (χ3v) is 4.83. The Hall–Kier alpha value is -3.87. The molecule has 0 spiro atoms. The summed E-state index contributed by atoms with van der Waals surface area (Å²) in [5.41, 5.74) is 2.59. The van der Waals surface area contributed by atoms with Gasteiger partial charge >= 0.3 is 0 Å². The van der Waals surface area contributed by atoms with Crippen LogP contribution in [0.4, 0.5) is 10.2 Å². The SMILES string of the molecule is Cc1cccc(C)c1OCc1ccc(C(=O)Nc2ccn(Cc3ccccc3F)n2)o1. The lowest BCUT2D eigenvalue weighted by Gasteiger charge is -2.10. The quantitative estimate of drug-likeness (QED) is 0.452. The second kappa shape index (κ2) is 8.87. The van der Waals surface area contributed by atoms with Crippen LogP contribution in [-0.2, 0) is 13.2 Å². The molecule has 0 bridgehead atoms. The maximum Gasteiger partial charge on any atom is 0.292 e. The van der Waals surface area contributed by atoms with Gasteiger partial charge < -0.3 is 14.5 Å². The average molecular weight is 419 g/mol. The highest BCUT2D eigenvalue weighted by atomic mass is 19.1. The lowest BCUT2D eigenvalue weighted by atomic mass is 10.1. The van der Waals surface area contributed by atoms with Gasteiger partial charge in [0, 0.05) is 17.8 Å². The highest BCUT2D eigenvalue weighted by molar-refractivity contribution is 6.01. The first-order valence-corrected chi connectivity index (χ1v) is 9.85. The first-order chi connectivity index (χ1) is 15.0. The number of nitrogens with zero attached hydrogens (tertiary/aromatic N) is 2. The first-order valence-electron chi connectivity index (χ1n) is 9.85. The monoisotopic (exact) mass is 419 g/mol. The molecule has 1 amide bonds. The molecule has 158 valence electrons. The summed E-state index contributed by atoms with van der Waals surface area (Å²) in [7, 11) is 0. The van der Waals surface area contributed by atoms with Crippen molar-refractivity contribution in [3.63, 3.8) is 0 Å². The number of carbonyl (C=O) groups is 1. The number of aryl methyl sites for hydroxylation is 2. The first kappa shape index (κ1) is 20.4. The zero-order valence-corrected chi connectivity index (χ0v) is 17.3. The minimum Gasteiger partial charge on any atom is -0.485 e. The van der Waals surface area contributed by atoms with Gasteiger partial charge in [0.1, 0.15) is 23.9 Å². The molecule has 0 saturated heterocycles. The summed E-state index contributed by atoms with van der Waals surface area (Å²) < 4.78 is 26.8. The van der Waals surface area contributed by atoms with Crippen LogP contribution in [0.3, 0.4) is 0 Å². The predicted octanol–water partition coefficient (Wildman–Crippen LogP) is 5.11. The number of benzene rings is 2. The standard InChI is InChI=1S/C24H22FN3O3/c1-16-6-5-7-17(2)23(16)30-15-19-10-11-21(31-19)24(29)26-22-12-13-28(27-22)14-18-8-3-4-9-20(18)25/h3-13H,14-15H2,1-2H3,(H,26,27,29). The molecule has 4 rings (SSSR count). The van der Waals surface area contributed by atoms with Crippen LogP contribution in [0, 0.1) is 19.7 Å². The van der Waals surface area contributed by atoms with Crippen molar-refractivity contribution in [2.75, 3.05) is 5.32 Å². The Bertz CT molecular complexity index is 1190. The minimum atomic E-state index is -0.422. The van der Waals surface area contributed by atoms with E-state index in [9.17, 15) is 9.18 Å². The van der Waals surface area contributed by atoms with Crippen molar-refractivity contribution in [2.24, 2.45) is 0 Å². The number of hydrogen-bond donors (Lipinski definition) is 1. The Balaban J connectivity index is 1.36. The molecule has 0 radical (unpaired) electrons. The molecule has 4 aromatic rings. The number of para-hydroxylation sites is 1. The summed E-state index contributed by atoms with van der Waals surface area (Å²) in [6, 6.07) is 17.4. The number of rotatable bonds is 7. The number of nitrogens with one attached hydrogen (secondary N) is 1. The Morgan fingerprint density at radius 2 is 1.84 bits per heavy atom. The minimum absolute atomic E-state index is 0.156. The molecule has 2 heterocycles. The average Bonchev–Trinajstić information content (AvgIpc) is 3.39. The lowest BCUT2D eigenvalue weighted by molar-refractivity contribution is 0.0992. The Kier molecular flexibility index (Phi) is 5.84. The second-order valence-corrected chi connectivity index (χ2v) is 7.22. The van der Waals surface area contributed by atoms with E-state index < -0.39 is 5.91 Å². The van der Waals surface area contributed by atoms with E-state index in [1.54, 1.807) is 47.3 Å². The van der Waals surface area contributed by atoms with Crippen molar-refractivity contribution in [2.45, 2.75) is 27.0 Å². The number of halogens is 1. The van der Waals surface area contributed by atoms with E-state index in [1.165, 1.54) is 6.07 Å². The number of ether oxygens (including phenoxy) is 1. The maximum absolute atomic E-state index is 13.8. The van der Waals surface area contributed by atoms with Gasteiger partial charge in [0.05, 0.1) is 6.54 Å². The van der Waals surface area contributed by atoms with Gasteiger partial charge in [-0.25, -0.2) is 4.39 Å². The largest absolute Gasteiger partial charge is 0.485 e. The van der Waals surface area contributed by atoms with Crippen molar-refractivity contribution in [3.05, 3.63) is 101 Å². The molecule has 1 N–H and O–H groups in total. The maximum atomic E-state index is 13.8. The normalized spacial score (nSPS) is 10.8. The molecule has 0 atom stereocenters. The third-order valence-electron chi connectivity index (χ3n) is 4.83. The highest BCUT2D eigenvalue weighted by Crippen LogP contribution is 2.24. The fourth-order valence-corrected chi connectivity index (χ4v) is 3.24. The summed E-state index contributed by atoms with van der Waals surface area (Å²) in [5.74, 6) is 1.14. The van der Waals surface area contributed by atoms with E-state index in [4.69, 9.17) is 9.15 Å². The second-order valence-electron chi connectivity index (χ2n) is 7.22. The van der Waals surface area contributed by atoms with Crippen LogP contribution in [-0.4, -0.2) is 15.7 Å². The van der Waals surface area contributed by atoms with Crippen molar-refractivity contribution < 1.29 is 18.3 Å². The molecule has 2 aromatic heterocycles. The molecule has 7 heteroatoms. The number of furan rings is 1. The fourth-order valence-electron chi connectivity index (χ4n) is 3.24. The van der Waals surface area contributed by atoms with Crippen molar-refractivity contribution in [3.8, 4) is 5.75 Å². The molecule has 0 unspecified atom stereocenters. The van der Waals surface area contributed by atoms with Crippen molar-refractivity contribution in [1.29, 1.82) is 0 Å². The van der Waals surface area contributed by atoms with Crippen LogP contribution in [0.25, 0.3) is 0 Å². The number of hydrogen-bond acceptors (Lipinski definition) is 4. The summed E-state index contributed by atoms with van der Waals surface area (Å²) in [6.45, 7) is 4.45. The van der Waals surface area contributed by atoms with E-state index in [0.717, 1.165) is 16.9 Å².